The number of furan rings is 1. The van der Waals surface area contributed by atoms with E-state index in [-0.39, 0.29) is 11.3 Å². The zero-order valence-electron chi connectivity index (χ0n) is 19.3. The first kappa shape index (κ1) is 22.5. The fourth-order valence-corrected chi connectivity index (χ4v) is 4.47. The molecule has 2 aromatic carbocycles. The van der Waals surface area contributed by atoms with E-state index in [4.69, 9.17) is 9.15 Å². The summed E-state index contributed by atoms with van der Waals surface area (Å²) in [5.74, 6) is -1.32. The van der Waals surface area contributed by atoms with Gasteiger partial charge in [-0.1, -0.05) is 30.3 Å². The minimum atomic E-state index is -0.803. The maximum Gasteiger partial charge on any atom is 0.241 e. The lowest BCUT2D eigenvalue weighted by atomic mass is 9.95. The number of ketones is 1. The van der Waals surface area contributed by atoms with E-state index in [1.165, 1.54) is 4.90 Å². The van der Waals surface area contributed by atoms with Crippen molar-refractivity contribution < 1.29 is 28.4 Å². The largest absolute Gasteiger partial charge is 0.868 e. The molecule has 0 radical (unpaired) electrons. The summed E-state index contributed by atoms with van der Waals surface area (Å²) >= 11 is 0. The van der Waals surface area contributed by atoms with Crippen molar-refractivity contribution in [1.82, 2.24) is 9.88 Å². The van der Waals surface area contributed by atoms with Crippen LogP contribution in [0.25, 0.3) is 11.0 Å². The number of fused-ring (bicyclic) bond motifs is 1. The Labute approximate surface area is 202 Å². The van der Waals surface area contributed by atoms with Gasteiger partial charge in [-0.15, -0.1) is 0 Å². The van der Waals surface area contributed by atoms with Gasteiger partial charge in [0, 0.05) is 23.9 Å². The zero-order chi connectivity index (χ0) is 24.4. The summed E-state index contributed by atoms with van der Waals surface area (Å²) in [6, 6.07) is 15.2. The molecule has 4 aromatic rings. The van der Waals surface area contributed by atoms with E-state index in [9.17, 15) is 14.7 Å². The monoisotopic (exact) mass is 471 g/mol. The maximum absolute atomic E-state index is 13.6. The fourth-order valence-electron chi connectivity index (χ4n) is 4.47. The molecule has 5 rings (SSSR count). The molecular formula is C27H25N3O5. The molecule has 1 amide bonds. The number of ether oxygens (including phenoxy) is 1. The standard InChI is InChI=1S/C27H25N3O5/c1-2-34-20-10-8-18(9-11-20)24-23(25(31)22-16-19-6-3-4-7-21(19)35-22)26(32)27(33)30(24)14-5-13-29-15-12-28-17-29/h3-4,6-12,15-17,24H,2,5,13-14H2,1H3,(H,31,32). The number of benzene rings is 2. The molecule has 2 aromatic heterocycles. The first-order valence-electron chi connectivity index (χ1n) is 11.6. The van der Waals surface area contributed by atoms with Gasteiger partial charge in [0.15, 0.2) is 5.76 Å². The van der Waals surface area contributed by atoms with Crippen LogP contribution in [0.3, 0.4) is 0 Å². The molecule has 1 N–H and O–H groups in total. The fraction of sp³-hybridized carbons (Fsp3) is 0.222. The zero-order valence-corrected chi connectivity index (χ0v) is 19.3. The second-order valence-electron chi connectivity index (χ2n) is 8.33. The quantitative estimate of drug-likeness (QED) is 0.299. The minimum Gasteiger partial charge on any atom is -0.868 e. The van der Waals surface area contributed by atoms with Crippen molar-refractivity contribution in [1.29, 1.82) is 0 Å². The number of carbonyl (C=O) groups excluding carboxylic acids is 2. The number of H-pyrrole nitrogens is 1. The summed E-state index contributed by atoms with van der Waals surface area (Å²) in [4.78, 5) is 31.1. The molecule has 1 atom stereocenters. The summed E-state index contributed by atoms with van der Waals surface area (Å²) in [6.07, 6.45) is 6.14. The number of carbonyl (C=O) groups is 2. The van der Waals surface area contributed by atoms with Crippen LogP contribution in [0.4, 0.5) is 0 Å². The predicted molar refractivity (Wildman–Crippen MR) is 125 cm³/mol. The Bertz CT molecular complexity index is 1350. The van der Waals surface area contributed by atoms with Gasteiger partial charge in [0.05, 0.1) is 19.2 Å². The molecule has 0 aliphatic carbocycles. The molecule has 8 nitrogen and oxygen atoms in total. The van der Waals surface area contributed by atoms with Crippen LogP contribution in [0.15, 0.2) is 89.1 Å². The number of aromatic amines is 1. The van der Waals surface area contributed by atoms with Gasteiger partial charge in [0.1, 0.15) is 23.7 Å². The molecule has 0 fully saturated rings. The van der Waals surface area contributed by atoms with E-state index < -0.39 is 23.5 Å². The summed E-state index contributed by atoms with van der Waals surface area (Å²) in [5.41, 5.74) is 1.13. The molecule has 0 bridgehead atoms. The number of hydrogen-bond donors (Lipinski definition) is 1. The Morgan fingerprint density at radius 3 is 2.71 bits per heavy atom. The van der Waals surface area contributed by atoms with Crippen molar-refractivity contribution >= 4 is 22.7 Å². The first-order valence-corrected chi connectivity index (χ1v) is 11.6. The van der Waals surface area contributed by atoms with Crippen LogP contribution in [-0.2, 0) is 11.3 Å². The van der Waals surface area contributed by atoms with Crippen LogP contribution < -0.4 is 14.4 Å². The third-order valence-corrected chi connectivity index (χ3v) is 6.10. The lowest BCUT2D eigenvalue weighted by molar-refractivity contribution is -0.695. The van der Waals surface area contributed by atoms with Crippen LogP contribution in [0.2, 0.25) is 0 Å². The van der Waals surface area contributed by atoms with Crippen LogP contribution in [-0.4, -0.2) is 34.7 Å². The third kappa shape index (κ3) is 4.30. The van der Waals surface area contributed by atoms with Crippen molar-refractivity contribution in [3.8, 4) is 5.75 Å². The molecule has 0 spiro atoms. The van der Waals surface area contributed by atoms with Crippen molar-refractivity contribution in [3.05, 3.63) is 96.0 Å². The van der Waals surface area contributed by atoms with Gasteiger partial charge in [0.25, 0.3) is 0 Å². The van der Waals surface area contributed by atoms with Gasteiger partial charge in [-0.25, -0.2) is 4.57 Å². The molecule has 35 heavy (non-hydrogen) atoms. The number of amides is 1. The van der Waals surface area contributed by atoms with E-state index in [0.29, 0.717) is 43.0 Å². The van der Waals surface area contributed by atoms with Crippen LogP contribution in [0.5, 0.6) is 5.75 Å². The normalized spacial score (nSPS) is 15.9. The SMILES string of the molecule is CCOc1ccc(C2C(C(=O)c3cc4ccccc4o3)=C([O-])C(=O)N2CCC[n+]2cc[nH]c2)cc1. The molecular weight excluding hydrogens is 446 g/mol. The molecule has 1 unspecified atom stereocenters. The van der Waals surface area contributed by atoms with E-state index in [0.717, 1.165) is 5.39 Å². The molecule has 1 aliphatic rings. The van der Waals surface area contributed by atoms with Gasteiger partial charge in [-0.05, 0) is 42.5 Å². The number of imidazole rings is 1. The van der Waals surface area contributed by atoms with Crippen molar-refractivity contribution in [2.24, 2.45) is 0 Å². The highest BCUT2D eigenvalue weighted by Crippen LogP contribution is 2.39. The highest BCUT2D eigenvalue weighted by molar-refractivity contribution is 6.15. The summed E-state index contributed by atoms with van der Waals surface area (Å²) < 4.78 is 13.2. The third-order valence-electron chi connectivity index (χ3n) is 6.10. The highest BCUT2D eigenvalue weighted by Gasteiger charge is 2.40. The Balaban J connectivity index is 1.49. The summed E-state index contributed by atoms with van der Waals surface area (Å²) in [7, 11) is 0. The Morgan fingerprint density at radius 1 is 1.20 bits per heavy atom. The maximum atomic E-state index is 13.6. The summed E-state index contributed by atoms with van der Waals surface area (Å²) in [5, 5.41) is 13.9. The van der Waals surface area contributed by atoms with Crippen LogP contribution in [0, 0.1) is 0 Å². The van der Waals surface area contributed by atoms with E-state index in [1.54, 1.807) is 36.4 Å². The molecule has 1 aliphatic heterocycles. The molecule has 0 saturated carbocycles. The van der Waals surface area contributed by atoms with E-state index in [1.807, 2.05) is 48.4 Å². The highest BCUT2D eigenvalue weighted by atomic mass is 16.5. The molecule has 3 heterocycles. The smallest absolute Gasteiger partial charge is 0.241 e. The van der Waals surface area contributed by atoms with Crippen molar-refractivity contribution in [3.63, 3.8) is 0 Å². The lowest BCUT2D eigenvalue weighted by Crippen LogP contribution is -2.37. The van der Waals surface area contributed by atoms with Gasteiger partial charge in [-0.2, -0.15) is 0 Å². The molecule has 0 saturated heterocycles. The first-order chi connectivity index (χ1) is 17.1. The number of rotatable bonds is 9. The predicted octanol–water partition coefficient (Wildman–Crippen LogP) is 2.92. The molecule has 178 valence electrons. The average molecular weight is 472 g/mol. The number of hydrogen-bond acceptors (Lipinski definition) is 5. The minimum absolute atomic E-state index is 0.0445. The van der Waals surface area contributed by atoms with Crippen molar-refractivity contribution in [2.45, 2.75) is 25.9 Å². The van der Waals surface area contributed by atoms with Gasteiger partial charge >= 0.3 is 0 Å². The second-order valence-corrected chi connectivity index (χ2v) is 8.33. The number of aryl methyl sites for hydroxylation is 1. The second kappa shape index (κ2) is 9.50. The van der Waals surface area contributed by atoms with Gasteiger partial charge in [0.2, 0.25) is 18.0 Å². The summed E-state index contributed by atoms with van der Waals surface area (Å²) in [6.45, 7) is 3.39. The lowest BCUT2D eigenvalue weighted by Gasteiger charge is -2.27. The Morgan fingerprint density at radius 2 is 2.00 bits per heavy atom. The van der Waals surface area contributed by atoms with Gasteiger partial charge in [-0.3, -0.25) is 14.6 Å². The number of para-hydroxylation sites is 1. The number of aromatic nitrogens is 2. The Kier molecular flexibility index (Phi) is 6.10. The number of Topliss-reactive ketones (excluding diaryl/α,β-unsaturated/α-hetero) is 1. The van der Waals surface area contributed by atoms with Crippen LogP contribution >= 0.6 is 0 Å². The van der Waals surface area contributed by atoms with Crippen molar-refractivity contribution in [2.75, 3.05) is 13.2 Å². The van der Waals surface area contributed by atoms with E-state index >= 15 is 0 Å². The Hall–Kier alpha value is -4.33. The average Bonchev–Trinajstić information content (AvgIpc) is 3.60. The van der Waals surface area contributed by atoms with Gasteiger partial charge < -0.3 is 19.2 Å². The topological polar surface area (TPSA) is 102 Å². The van der Waals surface area contributed by atoms with E-state index in [2.05, 4.69) is 4.98 Å². The number of nitrogens with zero attached hydrogens (tertiary/aromatic N) is 2. The van der Waals surface area contributed by atoms with Crippen LogP contribution in [0.1, 0.15) is 35.5 Å². The molecule has 8 heteroatoms. The number of nitrogens with one attached hydrogen (secondary N) is 1.